The third kappa shape index (κ3) is 11.5. The molecule has 1 nitrogen and oxygen atoms in total. The van der Waals surface area contributed by atoms with Gasteiger partial charge in [-0.15, -0.1) is 0 Å². The molecular formula is C18H39N. The lowest BCUT2D eigenvalue weighted by atomic mass is 9.85. The average Bonchev–Trinajstić information content (AvgIpc) is 2.35. The molecule has 0 radical (unpaired) electrons. The number of hydrogen-bond donors (Lipinski definition) is 1. The lowest BCUT2D eigenvalue weighted by Crippen LogP contribution is -2.30. The van der Waals surface area contributed by atoms with E-state index in [1.807, 2.05) is 0 Å². The van der Waals surface area contributed by atoms with E-state index in [1.165, 1.54) is 64.5 Å². The molecule has 0 saturated heterocycles. The Labute approximate surface area is 122 Å². The Hall–Kier alpha value is -0.0400. The second kappa shape index (κ2) is 13.0. The summed E-state index contributed by atoms with van der Waals surface area (Å²) in [5.74, 6) is 2.42. The van der Waals surface area contributed by atoms with E-state index in [1.54, 1.807) is 0 Å². The van der Waals surface area contributed by atoms with Crippen LogP contribution in [0.1, 0.15) is 86.0 Å². The predicted octanol–water partition coefficient (Wildman–Crippen LogP) is 5.64. The van der Waals surface area contributed by atoms with Crippen LogP contribution in [0.2, 0.25) is 0 Å². The lowest BCUT2D eigenvalue weighted by molar-refractivity contribution is 0.275. The third-order valence-electron chi connectivity index (χ3n) is 4.30. The summed E-state index contributed by atoms with van der Waals surface area (Å²) < 4.78 is 0. The van der Waals surface area contributed by atoms with E-state index in [-0.39, 0.29) is 0 Å². The van der Waals surface area contributed by atoms with Gasteiger partial charge in [-0.05, 0) is 37.3 Å². The molecule has 0 saturated carbocycles. The summed E-state index contributed by atoms with van der Waals surface area (Å²) in [6, 6.07) is 0. The summed E-state index contributed by atoms with van der Waals surface area (Å²) >= 11 is 0. The minimum atomic E-state index is 0.797. The fourth-order valence-electron chi connectivity index (χ4n) is 2.89. The number of hydrogen-bond acceptors (Lipinski definition) is 1. The van der Waals surface area contributed by atoms with Crippen molar-refractivity contribution in [3.05, 3.63) is 0 Å². The highest BCUT2D eigenvalue weighted by Crippen LogP contribution is 2.19. The monoisotopic (exact) mass is 269 g/mol. The summed E-state index contributed by atoms with van der Waals surface area (Å²) in [7, 11) is 0. The van der Waals surface area contributed by atoms with Crippen LogP contribution in [0.5, 0.6) is 0 Å². The topological polar surface area (TPSA) is 12.0 Å². The van der Waals surface area contributed by atoms with Gasteiger partial charge in [0.2, 0.25) is 0 Å². The first-order chi connectivity index (χ1) is 9.09. The van der Waals surface area contributed by atoms with Gasteiger partial charge >= 0.3 is 0 Å². The van der Waals surface area contributed by atoms with Crippen molar-refractivity contribution in [2.75, 3.05) is 13.1 Å². The van der Waals surface area contributed by atoms with Gasteiger partial charge in [-0.2, -0.15) is 0 Å². The third-order valence-corrected chi connectivity index (χ3v) is 4.30. The quantitative estimate of drug-likeness (QED) is 0.426. The van der Waals surface area contributed by atoms with Crippen LogP contribution < -0.4 is 5.32 Å². The summed E-state index contributed by atoms with van der Waals surface area (Å²) in [6.45, 7) is 14.1. The number of rotatable bonds is 13. The van der Waals surface area contributed by atoms with Gasteiger partial charge in [0.15, 0.2) is 0 Å². The van der Waals surface area contributed by atoms with Gasteiger partial charge in [-0.1, -0.05) is 79.6 Å². The zero-order chi connectivity index (χ0) is 14.5. The molecular weight excluding hydrogens is 230 g/mol. The Morgan fingerprint density at radius 3 is 1.63 bits per heavy atom. The fourth-order valence-corrected chi connectivity index (χ4v) is 2.89. The second-order valence-corrected chi connectivity index (χ2v) is 6.83. The van der Waals surface area contributed by atoms with Crippen molar-refractivity contribution in [2.45, 2.75) is 86.0 Å². The summed E-state index contributed by atoms with van der Waals surface area (Å²) in [4.78, 5) is 0. The van der Waals surface area contributed by atoms with E-state index in [0.717, 1.165) is 17.8 Å². The maximum atomic E-state index is 3.66. The Morgan fingerprint density at radius 2 is 1.16 bits per heavy atom. The minimum Gasteiger partial charge on any atom is -0.316 e. The minimum absolute atomic E-state index is 0.797. The summed E-state index contributed by atoms with van der Waals surface area (Å²) in [5, 5.41) is 3.66. The van der Waals surface area contributed by atoms with Crippen molar-refractivity contribution in [1.82, 2.24) is 5.32 Å². The maximum Gasteiger partial charge on any atom is -0.00156 e. The van der Waals surface area contributed by atoms with Crippen LogP contribution in [0.25, 0.3) is 0 Å². The summed E-state index contributed by atoms with van der Waals surface area (Å²) in [6.07, 6.45) is 11.3. The maximum absolute atomic E-state index is 3.66. The van der Waals surface area contributed by atoms with Crippen LogP contribution in [0.4, 0.5) is 0 Å². The van der Waals surface area contributed by atoms with E-state index >= 15 is 0 Å². The molecule has 1 N–H and O–H groups in total. The van der Waals surface area contributed by atoms with Crippen molar-refractivity contribution in [3.8, 4) is 0 Å². The molecule has 0 aromatic carbocycles. The standard InChI is InChI=1S/C18H39N/c1-6-7-8-9-10-11-12-13-14-19-15-18(16(2)3)17(4)5/h16-19H,6-15H2,1-5H3. The highest BCUT2D eigenvalue weighted by molar-refractivity contribution is 4.69. The second-order valence-electron chi connectivity index (χ2n) is 6.83. The number of nitrogens with one attached hydrogen (secondary N) is 1. The molecule has 0 aromatic rings. The fraction of sp³-hybridized carbons (Fsp3) is 1.00. The zero-order valence-corrected chi connectivity index (χ0v) is 14.3. The Bertz CT molecular complexity index is 167. The lowest BCUT2D eigenvalue weighted by Gasteiger charge is -2.25. The molecule has 116 valence electrons. The number of unbranched alkanes of at least 4 members (excludes halogenated alkanes) is 7. The van der Waals surface area contributed by atoms with Crippen LogP contribution >= 0.6 is 0 Å². The normalized spacial score (nSPS) is 12.0. The van der Waals surface area contributed by atoms with Crippen LogP contribution in [-0.4, -0.2) is 13.1 Å². The van der Waals surface area contributed by atoms with Crippen molar-refractivity contribution in [2.24, 2.45) is 17.8 Å². The van der Waals surface area contributed by atoms with Gasteiger partial charge in [0.25, 0.3) is 0 Å². The molecule has 0 spiro atoms. The largest absolute Gasteiger partial charge is 0.316 e. The molecule has 0 bridgehead atoms. The Kier molecular flexibility index (Phi) is 12.9. The highest BCUT2D eigenvalue weighted by atomic mass is 14.9. The van der Waals surface area contributed by atoms with Crippen molar-refractivity contribution in [1.29, 1.82) is 0 Å². The van der Waals surface area contributed by atoms with Gasteiger partial charge in [-0.25, -0.2) is 0 Å². The predicted molar refractivity (Wildman–Crippen MR) is 88.6 cm³/mol. The van der Waals surface area contributed by atoms with Crippen LogP contribution in [0.15, 0.2) is 0 Å². The zero-order valence-electron chi connectivity index (χ0n) is 14.3. The van der Waals surface area contributed by atoms with Crippen LogP contribution in [0, 0.1) is 17.8 Å². The molecule has 0 atom stereocenters. The van der Waals surface area contributed by atoms with E-state index in [0.29, 0.717) is 0 Å². The van der Waals surface area contributed by atoms with Crippen LogP contribution in [0.3, 0.4) is 0 Å². The Balaban J connectivity index is 3.30. The highest BCUT2D eigenvalue weighted by Gasteiger charge is 2.16. The molecule has 0 rings (SSSR count). The average molecular weight is 270 g/mol. The van der Waals surface area contributed by atoms with Crippen LogP contribution in [-0.2, 0) is 0 Å². The molecule has 0 aliphatic heterocycles. The van der Waals surface area contributed by atoms with E-state index < -0.39 is 0 Å². The van der Waals surface area contributed by atoms with Crippen molar-refractivity contribution in [3.63, 3.8) is 0 Å². The molecule has 1 heteroatoms. The van der Waals surface area contributed by atoms with Gasteiger partial charge in [-0.3, -0.25) is 0 Å². The molecule has 0 aliphatic carbocycles. The molecule has 0 aliphatic rings. The first-order valence-corrected chi connectivity index (χ1v) is 8.80. The molecule has 0 fully saturated rings. The van der Waals surface area contributed by atoms with Crippen molar-refractivity contribution < 1.29 is 0 Å². The first kappa shape index (κ1) is 19.0. The molecule has 0 unspecified atom stereocenters. The van der Waals surface area contributed by atoms with Gasteiger partial charge < -0.3 is 5.32 Å². The first-order valence-electron chi connectivity index (χ1n) is 8.80. The van der Waals surface area contributed by atoms with E-state index in [2.05, 4.69) is 39.9 Å². The Morgan fingerprint density at radius 1 is 0.684 bits per heavy atom. The van der Waals surface area contributed by atoms with Gasteiger partial charge in [0, 0.05) is 0 Å². The molecule has 0 amide bonds. The van der Waals surface area contributed by atoms with E-state index in [4.69, 9.17) is 0 Å². The SMILES string of the molecule is CCCCCCCCCCNCC(C(C)C)C(C)C. The molecule has 19 heavy (non-hydrogen) atoms. The van der Waals surface area contributed by atoms with Gasteiger partial charge in [0.05, 0.1) is 0 Å². The molecule has 0 aromatic heterocycles. The smallest absolute Gasteiger partial charge is 0.00156 e. The van der Waals surface area contributed by atoms with Gasteiger partial charge in [0.1, 0.15) is 0 Å². The summed E-state index contributed by atoms with van der Waals surface area (Å²) in [5.41, 5.74) is 0. The van der Waals surface area contributed by atoms with Crippen molar-refractivity contribution >= 4 is 0 Å². The van der Waals surface area contributed by atoms with E-state index in [9.17, 15) is 0 Å². The molecule has 0 heterocycles.